The number of thiazole rings is 1. The maximum atomic E-state index is 13.0. The zero-order valence-corrected chi connectivity index (χ0v) is 21.0. The number of anilines is 1. The second-order valence-corrected chi connectivity index (χ2v) is 9.86. The first-order chi connectivity index (χ1) is 17.3. The Bertz CT molecular complexity index is 1140. The van der Waals surface area contributed by atoms with Gasteiger partial charge in [-0.3, -0.25) is 4.79 Å². The molecule has 2 aromatic carbocycles. The molecule has 192 valence electrons. The van der Waals surface area contributed by atoms with Gasteiger partial charge in [-0.1, -0.05) is 50.1 Å². The molecule has 0 atom stereocenters. The van der Waals surface area contributed by atoms with E-state index in [1.165, 1.54) is 54.9 Å². The van der Waals surface area contributed by atoms with Gasteiger partial charge in [0.15, 0.2) is 0 Å². The average Bonchev–Trinajstić information content (AvgIpc) is 3.35. The molecule has 2 heterocycles. The molecule has 1 fully saturated rings. The van der Waals surface area contributed by atoms with Crippen molar-refractivity contribution in [2.24, 2.45) is 0 Å². The van der Waals surface area contributed by atoms with Crippen molar-refractivity contribution in [2.45, 2.75) is 51.3 Å². The summed E-state index contributed by atoms with van der Waals surface area (Å²) in [4.78, 5) is 20.1. The topological polar surface area (TPSA) is 54.5 Å². The van der Waals surface area contributed by atoms with E-state index in [-0.39, 0.29) is 11.7 Å². The molecule has 4 rings (SSSR count). The Kier molecular flexibility index (Phi) is 8.64. The molecule has 1 saturated heterocycles. The first-order valence-corrected chi connectivity index (χ1v) is 13.1. The Morgan fingerprint density at radius 2 is 1.83 bits per heavy atom. The summed E-state index contributed by atoms with van der Waals surface area (Å²) in [6.07, 6.45) is 1.11. The lowest BCUT2D eigenvalue weighted by Crippen LogP contribution is -2.33. The van der Waals surface area contributed by atoms with Crippen LogP contribution in [0, 0.1) is 0 Å². The van der Waals surface area contributed by atoms with E-state index < -0.39 is 6.36 Å². The smallest absolute Gasteiger partial charge is 0.406 e. The van der Waals surface area contributed by atoms with E-state index in [1.54, 1.807) is 29.6 Å². The van der Waals surface area contributed by atoms with Crippen molar-refractivity contribution in [3.05, 3.63) is 64.6 Å². The third-order valence-corrected chi connectivity index (χ3v) is 7.35. The predicted molar refractivity (Wildman–Crippen MR) is 137 cm³/mol. The van der Waals surface area contributed by atoms with Gasteiger partial charge in [-0.05, 0) is 62.7 Å². The molecule has 36 heavy (non-hydrogen) atoms. The number of nitrogens with zero attached hydrogens (tertiary/aromatic N) is 2. The number of nitrogens with one attached hydrogen (secondary N) is 1. The Balaban J connectivity index is 1.39. The van der Waals surface area contributed by atoms with Crippen molar-refractivity contribution in [3.8, 4) is 16.9 Å². The van der Waals surface area contributed by atoms with Crippen molar-refractivity contribution in [2.75, 3.05) is 25.0 Å². The van der Waals surface area contributed by atoms with Gasteiger partial charge >= 0.3 is 6.36 Å². The van der Waals surface area contributed by atoms with Crippen LogP contribution in [0.4, 0.5) is 18.9 Å². The number of likely N-dealkylation sites (tertiary alicyclic amines) is 1. The molecule has 5 nitrogen and oxygen atoms in total. The fraction of sp³-hybridized carbons (Fsp3) is 0.407. The number of carbonyl (C=O) groups is 1. The molecule has 0 aliphatic carbocycles. The van der Waals surface area contributed by atoms with Gasteiger partial charge in [0.05, 0.1) is 5.01 Å². The minimum atomic E-state index is -4.74. The monoisotopic (exact) mass is 517 g/mol. The van der Waals surface area contributed by atoms with Crippen LogP contribution in [0.25, 0.3) is 11.1 Å². The van der Waals surface area contributed by atoms with Gasteiger partial charge in [-0.25, -0.2) is 4.98 Å². The highest BCUT2D eigenvalue weighted by molar-refractivity contribution is 7.10. The molecule has 0 radical (unpaired) electrons. The second kappa shape index (κ2) is 11.9. The fourth-order valence-electron chi connectivity index (χ4n) is 4.43. The van der Waals surface area contributed by atoms with Gasteiger partial charge in [0.25, 0.3) is 5.91 Å². The second-order valence-electron chi connectivity index (χ2n) is 8.97. The summed E-state index contributed by atoms with van der Waals surface area (Å²) in [5.74, 6) is -0.225. The van der Waals surface area contributed by atoms with E-state index in [1.807, 2.05) is 0 Å². The maximum Gasteiger partial charge on any atom is 0.573 e. The summed E-state index contributed by atoms with van der Waals surface area (Å²) in [5, 5.41) is 5.71. The predicted octanol–water partition coefficient (Wildman–Crippen LogP) is 7.33. The van der Waals surface area contributed by atoms with Crippen LogP contribution in [0.2, 0.25) is 0 Å². The highest BCUT2D eigenvalue weighted by atomic mass is 32.1. The van der Waals surface area contributed by atoms with Crippen molar-refractivity contribution in [3.63, 3.8) is 0 Å². The molecule has 1 N–H and O–H groups in total. The van der Waals surface area contributed by atoms with Crippen LogP contribution in [0.3, 0.4) is 0 Å². The van der Waals surface area contributed by atoms with E-state index >= 15 is 0 Å². The lowest BCUT2D eigenvalue weighted by atomic mass is 9.97. The van der Waals surface area contributed by atoms with Crippen molar-refractivity contribution in [1.82, 2.24) is 9.88 Å². The zero-order chi connectivity index (χ0) is 25.5. The van der Waals surface area contributed by atoms with Gasteiger partial charge in [-0.2, -0.15) is 0 Å². The molecule has 0 bridgehead atoms. The Morgan fingerprint density at radius 1 is 1.11 bits per heavy atom. The number of unbranched alkanes of at least 4 members (excludes halogenated alkanes) is 2. The molecule has 0 saturated carbocycles. The number of aromatic nitrogens is 1. The van der Waals surface area contributed by atoms with Crippen LogP contribution in [-0.4, -0.2) is 41.8 Å². The normalized spacial score (nSPS) is 15.1. The van der Waals surface area contributed by atoms with Crippen molar-refractivity contribution in [1.29, 1.82) is 0 Å². The van der Waals surface area contributed by atoms with E-state index in [9.17, 15) is 18.0 Å². The number of para-hydroxylation sites is 1. The van der Waals surface area contributed by atoms with Crippen LogP contribution in [0.1, 0.15) is 60.4 Å². The average molecular weight is 518 g/mol. The van der Waals surface area contributed by atoms with E-state index in [4.69, 9.17) is 0 Å². The summed E-state index contributed by atoms with van der Waals surface area (Å²) < 4.78 is 41.3. The van der Waals surface area contributed by atoms with Crippen LogP contribution >= 0.6 is 11.3 Å². The molecule has 1 aromatic heterocycles. The van der Waals surface area contributed by atoms with Crippen molar-refractivity contribution < 1.29 is 22.7 Å². The molecule has 9 heteroatoms. The fourth-order valence-corrected chi connectivity index (χ4v) is 5.41. The number of alkyl halides is 3. The molecule has 1 amide bonds. The summed E-state index contributed by atoms with van der Waals surface area (Å²) in [6.45, 7) is 5.50. The number of rotatable bonds is 9. The summed E-state index contributed by atoms with van der Waals surface area (Å²) >= 11 is 1.53. The molecule has 0 unspecified atom stereocenters. The minimum absolute atomic E-state index is 0.297. The Morgan fingerprint density at radius 3 is 2.53 bits per heavy atom. The molecule has 0 spiro atoms. The SMILES string of the molecule is CCCCCN1CCC(c2nc(C(=O)Nc3ccccc3-c3ccc(OC(F)(F)F)cc3)cs2)CC1. The lowest BCUT2D eigenvalue weighted by Gasteiger charge is -2.30. The summed E-state index contributed by atoms with van der Waals surface area (Å²) in [5.41, 5.74) is 2.28. The summed E-state index contributed by atoms with van der Waals surface area (Å²) in [7, 11) is 0. The highest BCUT2D eigenvalue weighted by Gasteiger charge is 2.31. The molecular weight excluding hydrogens is 487 g/mol. The number of hydrogen-bond donors (Lipinski definition) is 1. The quantitative estimate of drug-likeness (QED) is 0.302. The third kappa shape index (κ3) is 7.07. The van der Waals surface area contributed by atoms with Crippen molar-refractivity contribution >= 4 is 22.9 Å². The molecule has 1 aliphatic rings. The van der Waals surface area contributed by atoms with Gasteiger partial charge in [0.1, 0.15) is 11.4 Å². The minimum Gasteiger partial charge on any atom is -0.406 e. The zero-order valence-electron chi connectivity index (χ0n) is 20.2. The Labute approximate surface area is 213 Å². The molecule has 1 aliphatic heterocycles. The number of carbonyl (C=O) groups excluding carboxylic acids is 1. The van der Waals surface area contributed by atoms with E-state index in [0.717, 1.165) is 37.5 Å². The van der Waals surface area contributed by atoms with Gasteiger partial charge < -0.3 is 15.0 Å². The first kappa shape index (κ1) is 26.2. The third-order valence-electron chi connectivity index (χ3n) is 6.34. The molecule has 3 aromatic rings. The van der Waals surface area contributed by atoms with Crippen LogP contribution in [0.15, 0.2) is 53.9 Å². The summed E-state index contributed by atoms with van der Waals surface area (Å²) in [6, 6.07) is 12.7. The number of piperidine rings is 1. The maximum absolute atomic E-state index is 13.0. The number of hydrogen-bond acceptors (Lipinski definition) is 5. The lowest BCUT2D eigenvalue weighted by molar-refractivity contribution is -0.274. The number of benzene rings is 2. The standard InChI is InChI=1S/C27H30F3N3O2S/c1-2-3-6-15-33-16-13-20(14-17-33)26-32-24(18-36-26)25(34)31-23-8-5-4-7-22(23)19-9-11-21(12-10-19)35-27(28,29)30/h4-5,7-12,18,20H,2-3,6,13-17H2,1H3,(H,31,34). The highest BCUT2D eigenvalue weighted by Crippen LogP contribution is 2.33. The largest absolute Gasteiger partial charge is 0.573 e. The number of amides is 1. The van der Waals surface area contributed by atoms with E-state index in [2.05, 4.69) is 26.9 Å². The van der Waals surface area contributed by atoms with Gasteiger partial charge in [0.2, 0.25) is 0 Å². The van der Waals surface area contributed by atoms with Crippen LogP contribution in [0.5, 0.6) is 5.75 Å². The molecular formula is C27H30F3N3O2S. The Hall–Kier alpha value is -2.91. The van der Waals surface area contributed by atoms with Gasteiger partial charge in [-0.15, -0.1) is 24.5 Å². The van der Waals surface area contributed by atoms with Crippen LogP contribution < -0.4 is 10.1 Å². The van der Waals surface area contributed by atoms with Crippen LogP contribution in [-0.2, 0) is 0 Å². The van der Waals surface area contributed by atoms with E-state index in [0.29, 0.717) is 28.4 Å². The van der Waals surface area contributed by atoms with Gasteiger partial charge in [0, 0.05) is 22.5 Å². The number of ether oxygens (including phenoxy) is 1. The number of halogens is 3. The first-order valence-electron chi connectivity index (χ1n) is 12.3.